The summed E-state index contributed by atoms with van der Waals surface area (Å²) in [6.45, 7) is 7.73. The molecule has 0 aromatic carbocycles. The number of hydrogen-bond donors (Lipinski definition) is 0. The maximum Gasteiger partial charge on any atom is 0.619 e. The van der Waals surface area contributed by atoms with Gasteiger partial charge in [0.1, 0.15) is 0 Å². The van der Waals surface area contributed by atoms with Crippen LogP contribution in [0.4, 0.5) is 0 Å². The summed E-state index contributed by atoms with van der Waals surface area (Å²) in [7, 11) is 0. The lowest BCUT2D eigenvalue weighted by atomic mass is 10.1. The molecule has 0 aromatic heterocycles. The molecule has 0 spiro atoms. The van der Waals surface area contributed by atoms with E-state index in [2.05, 4.69) is 6.92 Å². The van der Waals surface area contributed by atoms with Crippen LogP contribution < -0.4 is 0 Å². The van der Waals surface area contributed by atoms with Crippen molar-refractivity contribution in [2.75, 3.05) is 0 Å². The van der Waals surface area contributed by atoms with Gasteiger partial charge < -0.3 is 18.9 Å². The van der Waals surface area contributed by atoms with Crippen molar-refractivity contribution in [2.24, 2.45) is 0 Å². The van der Waals surface area contributed by atoms with E-state index in [1.165, 1.54) is 0 Å². The number of unbranched alkanes of at least 4 members (excludes halogenated alkanes) is 7. The minimum Gasteiger partial charge on any atom is -0.352 e. The summed E-state index contributed by atoms with van der Waals surface area (Å²) in [6, 6.07) is 0. The van der Waals surface area contributed by atoms with Crippen molar-refractivity contribution in [3.8, 4) is 0 Å². The highest BCUT2D eigenvalue weighted by Gasteiger charge is 2.49. The normalized spacial score (nSPS) is 12.5. The van der Waals surface area contributed by atoms with E-state index in [0.29, 0.717) is 25.7 Å². The van der Waals surface area contributed by atoms with Gasteiger partial charge in [-0.1, -0.05) is 72.6 Å². The number of ether oxygens (including phenoxy) is 4. The van der Waals surface area contributed by atoms with E-state index in [0.717, 1.165) is 44.9 Å². The Morgan fingerprint density at radius 2 is 0.781 bits per heavy atom. The first kappa shape index (κ1) is 29.9. The third kappa shape index (κ3) is 14.8. The maximum atomic E-state index is 12.5. The van der Waals surface area contributed by atoms with Crippen molar-refractivity contribution in [3.63, 3.8) is 0 Å². The third-order valence-electron chi connectivity index (χ3n) is 4.61. The third-order valence-corrected chi connectivity index (χ3v) is 4.61. The lowest BCUT2D eigenvalue weighted by molar-refractivity contribution is -0.432. The molecule has 32 heavy (non-hydrogen) atoms. The van der Waals surface area contributed by atoms with Gasteiger partial charge in [-0.15, -0.1) is 0 Å². The second-order valence-electron chi connectivity index (χ2n) is 7.87. The van der Waals surface area contributed by atoms with E-state index in [1.54, 1.807) is 6.92 Å². The Labute approximate surface area is 192 Å². The van der Waals surface area contributed by atoms with Gasteiger partial charge >= 0.3 is 30.0 Å². The van der Waals surface area contributed by atoms with Crippen LogP contribution >= 0.6 is 0 Å². The zero-order valence-electron chi connectivity index (χ0n) is 20.4. The fourth-order valence-electron chi connectivity index (χ4n) is 2.80. The fourth-order valence-corrected chi connectivity index (χ4v) is 2.80. The summed E-state index contributed by atoms with van der Waals surface area (Å²) in [5, 5.41) is 0. The molecule has 0 aromatic rings. The van der Waals surface area contributed by atoms with Crippen LogP contribution in [-0.4, -0.2) is 30.0 Å². The van der Waals surface area contributed by atoms with E-state index in [4.69, 9.17) is 18.9 Å². The SMILES string of the molecule is CCCCCCCC(=O)OC(OC(=O)CCC)(OC(=O)CCCC)OC(=O)CCCCC. The Kier molecular flexibility index (Phi) is 17.2. The molecule has 0 saturated heterocycles. The highest BCUT2D eigenvalue weighted by Crippen LogP contribution is 2.24. The number of carbonyl (C=O) groups is 4. The van der Waals surface area contributed by atoms with Gasteiger partial charge in [-0.25, -0.2) is 0 Å². The van der Waals surface area contributed by atoms with Crippen molar-refractivity contribution in [1.82, 2.24) is 0 Å². The van der Waals surface area contributed by atoms with E-state index in [9.17, 15) is 19.2 Å². The monoisotopic (exact) mass is 458 g/mol. The van der Waals surface area contributed by atoms with E-state index in [1.807, 2.05) is 13.8 Å². The van der Waals surface area contributed by atoms with Crippen LogP contribution in [0.15, 0.2) is 0 Å². The van der Waals surface area contributed by atoms with Crippen LogP contribution in [0.2, 0.25) is 0 Å². The van der Waals surface area contributed by atoms with Crippen molar-refractivity contribution in [2.45, 2.75) is 130 Å². The highest BCUT2D eigenvalue weighted by atomic mass is 17.0. The predicted molar refractivity (Wildman–Crippen MR) is 119 cm³/mol. The summed E-state index contributed by atoms with van der Waals surface area (Å²) >= 11 is 0. The molecule has 0 radical (unpaired) electrons. The van der Waals surface area contributed by atoms with Crippen molar-refractivity contribution >= 4 is 23.9 Å². The molecule has 0 aliphatic rings. The lowest BCUT2D eigenvalue weighted by Gasteiger charge is -2.29. The van der Waals surface area contributed by atoms with Crippen LogP contribution in [0.1, 0.15) is 124 Å². The largest absolute Gasteiger partial charge is 0.619 e. The molecule has 0 amide bonds. The summed E-state index contributed by atoms with van der Waals surface area (Å²) in [6.07, 6.45) is 5.66. The molecule has 0 saturated carbocycles. The zero-order valence-corrected chi connectivity index (χ0v) is 20.4. The van der Waals surface area contributed by atoms with Gasteiger partial charge in [0, 0.05) is 25.7 Å². The van der Waals surface area contributed by atoms with Crippen LogP contribution in [0.3, 0.4) is 0 Å². The smallest absolute Gasteiger partial charge is 0.352 e. The Morgan fingerprint density at radius 3 is 1.22 bits per heavy atom. The molecule has 1 unspecified atom stereocenters. The van der Waals surface area contributed by atoms with E-state index < -0.39 is 30.0 Å². The molecule has 1 atom stereocenters. The summed E-state index contributed by atoms with van der Waals surface area (Å²) in [4.78, 5) is 49.4. The second-order valence-corrected chi connectivity index (χ2v) is 7.87. The minimum absolute atomic E-state index is 0.00549. The zero-order chi connectivity index (χ0) is 24.2. The Balaban J connectivity index is 5.46. The number of rotatable bonds is 19. The number of carbonyl (C=O) groups excluding carboxylic acids is 4. The molecular formula is C24H42O8. The molecule has 0 aliphatic carbocycles. The topological polar surface area (TPSA) is 105 Å². The van der Waals surface area contributed by atoms with E-state index >= 15 is 0 Å². The first-order chi connectivity index (χ1) is 15.3. The molecule has 0 bridgehead atoms. The standard InChI is InChI=1S/C24H42O8/c1-5-9-12-13-15-19-23(28)32-24(29-20(25)16-8-4,30-21(26)17-11-7-3)31-22(27)18-14-10-6-2/h5-19H2,1-4H3. The van der Waals surface area contributed by atoms with Crippen molar-refractivity contribution in [3.05, 3.63) is 0 Å². The van der Waals surface area contributed by atoms with Gasteiger partial charge in [-0.05, 0) is 25.7 Å². The molecule has 0 heterocycles. The van der Waals surface area contributed by atoms with Crippen molar-refractivity contribution < 1.29 is 38.1 Å². The van der Waals surface area contributed by atoms with Crippen LogP contribution in [-0.2, 0) is 38.1 Å². The number of esters is 4. The van der Waals surface area contributed by atoms with Crippen LogP contribution in [0, 0.1) is 0 Å². The first-order valence-electron chi connectivity index (χ1n) is 12.2. The summed E-state index contributed by atoms with van der Waals surface area (Å²) in [5.74, 6) is -3.13. The van der Waals surface area contributed by atoms with Crippen LogP contribution in [0.25, 0.3) is 0 Å². The average molecular weight is 459 g/mol. The van der Waals surface area contributed by atoms with Crippen LogP contribution in [0.5, 0.6) is 0 Å². The second kappa shape index (κ2) is 18.5. The molecule has 0 fully saturated rings. The molecule has 0 N–H and O–H groups in total. The predicted octanol–water partition coefficient (Wildman–Crippen LogP) is 5.70. The Bertz CT molecular complexity index is 560. The average Bonchev–Trinajstić information content (AvgIpc) is 2.72. The maximum absolute atomic E-state index is 12.5. The molecule has 8 nitrogen and oxygen atoms in total. The van der Waals surface area contributed by atoms with Gasteiger partial charge in [0.2, 0.25) is 0 Å². The lowest BCUT2D eigenvalue weighted by Crippen LogP contribution is -2.48. The van der Waals surface area contributed by atoms with Gasteiger partial charge in [-0.3, -0.25) is 19.2 Å². The molecule has 0 aliphatic heterocycles. The summed E-state index contributed by atoms with van der Waals surface area (Å²) < 4.78 is 20.8. The Morgan fingerprint density at radius 1 is 0.438 bits per heavy atom. The van der Waals surface area contributed by atoms with Gasteiger partial charge in [0.05, 0.1) is 0 Å². The van der Waals surface area contributed by atoms with Crippen molar-refractivity contribution in [1.29, 1.82) is 0 Å². The molecule has 186 valence electrons. The molecule has 8 heteroatoms. The van der Waals surface area contributed by atoms with E-state index in [-0.39, 0.29) is 25.7 Å². The molecular weight excluding hydrogens is 416 g/mol. The highest BCUT2D eigenvalue weighted by molar-refractivity contribution is 5.75. The Hall–Kier alpha value is -2.12. The van der Waals surface area contributed by atoms with Gasteiger partial charge in [-0.2, -0.15) is 0 Å². The van der Waals surface area contributed by atoms with Gasteiger partial charge in [0.25, 0.3) is 0 Å². The number of hydrogen-bond acceptors (Lipinski definition) is 8. The minimum atomic E-state index is -2.82. The van der Waals surface area contributed by atoms with Gasteiger partial charge in [0.15, 0.2) is 0 Å². The molecule has 0 rings (SSSR count). The quantitative estimate of drug-likeness (QED) is 0.138. The first-order valence-corrected chi connectivity index (χ1v) is 12.2. The fraction of sp³-hybridized carbons (Fsp3) is 0.833. The summed E-state index contributed by atoms with van der Waals surface area (Å²) in [5.41, 5.74) is 0.